The van der Waals surface area contributed by atoms with Gasteiger partial charge in [-0.25, -0.2) is 5.43 Å². The molecule has 156 valence electrons. The number of nitrogens with one attached hydrogen (secondary N) is 2. The minimum atomic E-state index is -0.394. The molecule has 2 N–H and O–H groups in total. The molecule has 0 fully saturated rings. The predicted molar refractivity (Wildman–Crippen MR) is 117 cm³/mol. The van der Waals surface area contributed by atoms with Gasteiger partial charge in [0.15, 0.2) is 0 Å². The first-order chi connectivity index (χ1) is 13.5. The van der Waals surface area contributed by atoms with E-state index in [1.165, 1.54) is 51.2 Å². The minimum absolute atomic E-state index is 0.100. The maximum Gasteiger partial charge on any atom is 0.259 e. The Labute approximate surface area is 178 Å². The molecule has 0 heterocycles. The maximum atomic E-state index is 11.8. The van der Waals surface area contributed by atoms with Gasteiger partial charge in [0, 0.05) is 12.0 Å². The molecule has 0 aliphatic carbocycles. The second kappa shape index (κ2) is 15.3. The Hall–Kier alpha value is -1.59. The van der Waals surface area contributed by atoms with Gasteiger partial charge in [-0.1, -0.05) is 93.6 Å². The van der Waals surface area contributed by atoms with Crippen molar-refractivity contribution in [2.24, 2.45) is 5.10 Å². The average Bonchev–Trinajstić information content (AvgIpc) is 2.68. The van der Waals surface area contributed by atoms with Crippen LogP contribution in [0.25, 0.3) is 0 Å². The van der Waals surface area contributed by atoms with E-state index >= 15 is 0 Å². The van der Waals surface area contributed by atoms with Gasteiger partial charge in [-0.15, -0.1) is 0 Å². The van der Waals surface area contributed by atoms with Crippen LogP contribution in [0, 0.1) is 0 Å². The van der Waals surface area contributed by atoms with Crippen LogP contribution in [0.2, 0.25) is 10.0 Å². The molecule has 0 spiro atoms. The van der Waals surface area contributed by atoms with Crippen LogP contribution in [0.15, 0.2) is 23.3 Å². The molecule has 1 rings (SSSR count). The highest BCUT2D eigenvalue weighted by Crippen LogP contribution is 2.24. The van der Waals surface area contributed by atoms with Gasteiger partial charge in [0.25, 0.3) is 5.91 Å². The number of carbonyl (C=O) groups is 2. The van der Waals surface area contributed by atoms with Gasteiger partial charge in [0.05, 0.1) is 22.8 Å². The molecule has 2 amide bonds. The monoisotopic (exact) mass is 427 g/mol. The smallest absolute Gasteiger partial charge is 0.259 e. The third kappa shape index (κ3) is 11.3. The molecule has 1 aromatic rings. The molecule has 1 aromatic carbocycles. The molecule has 5 nitrogen and oxygen atoms in total. The van der Waals surface area contributed by atoms with Gasteiger partial charge in [-0.2, -0.15) is 5.10 Å². The molecule has 0 bridgehead atoms. The Morgan fingerprint density at radius 3 is 2.29 bits per heavy atom. The largest absolute Gasteiger partial charge is 0.347 e. The van der Waals surface area contributed by atoms with E-state index in [0.717, 1.165) is 12.8 Å². The summed E-state index contributed by atoms with van der Waals surface area (Å²) < 4.78 is 0. The van der Waals surface area contributed by atoms with Gasteiger partial charge in [-0.05, 0) is 12.5 Å². The number of hydrogen-bond acceptors (Lipinski definition) is 3. The first-order valence-electron chi connectivity index (χ1n) is 10.1. The Bertz CT molecular complexity index is 636. The van der Waals surface area contributed by atoms with Crippen LogP contribution in [0.1, 0.15) is 76.7 Å². The van der Waals surface area contributed by atoms with E-state index in [9.17, 15) is 9.59 Å². The van der Waals surface area contributed by atoms with Gasteiger partial charge in [0.2, 0.25) is 5.91 Å². The van der Waals surface area contributed by atoms with Crippen LogP contribution in [0.3, 0.4) is 0 Å². The highest BCUT2D eigenvalue weighted by atomic mass is 35.5. The molecule has 0 saturated carbocycles. The van der Waals surface area contributed by atoms with E-state index in [2.05, 4.69) is 22.8 Å². The number of amides is 2. The molecule has 28 heavy (non-hydrogen) atoms. The molecular formula is C21H31Cl2N3O2. The molecule has 0 aromatic heterocycles. The van der Waals surface area contributed by atoms with Crippen molar-refractivity contribution < 1.29 is 9.59 Å². The minimum Gasteiger partial charge on any atom is -0.347 e. The van der Waals surface area contributed by atoms with Crippen LogP contribution in [-0.4, -0.2) is 24.6 Å². The normalized spacial score (nSPS) is 11.0. The zero-order valence-electron chi connectivity index (χ0n) is 16.6. The number of benzene rings is 1. The third-order valence-corrected chi connectivity index (χ3v) is 5.16. The molecular weight excluding hydrogens is 397 g/mol. The summed E-state index contributed by atoms with van der Waals surface area (Å²) in [4.78, 5) is 23.5. The molecule has 0 aliphatic rings. The summed E-state index contributed by atoms with van der Waals surface area (Å²) in [5, 5.41) is 7.22. The molecule has 7 heteroatoms. The fourth-order valence-electron chi connectivity index (χ4n) is 2.70. The van der Waals surface area contributed by atoms with E-state index in [1.54, 1.807) is 18.2 Å². The van der Waals surface area contributed by atoms with E-state index in [0.29, 0.717) is 22.0 Å². The van der Waals surface area contributed by atoms with Crippen molar-refractivity contribution in [1.29, 1.82) is 0 Å². The summed E-state index contributed by atoms with van der Waals surface area (Å²) in [6.45, 7) is 2.12. The molecule has 0 saturated heterocycles. The quantitative estimate of drug-likeness (QED) is 0.234. The lowest BCUT2D eigenvalue weighted by atomic mass is 10.1. The number of halogens is 2. The van der Waals surface area contributed by atoms with Gasteiger partial charge < -0.3 is 5.32 Å². The SMILES string of the molecule is CCCCCCCCCCCC(=O)NCC(=O)NN=Cc1cccc(Cl)c1Cl. The second-order valence-electron chi connectivity index (χ2n) is 6.79. The topological polar surface area (TPSA) is 70.6 Å². The fraction of sp³-hybridized carbons (Fsp3) is 0.571. The number of hydrazone groups is 1. The van der Waals surface area contributed by atoms with Crippen LogP contribution in [-0.2, 0) is 9.59 Å². The molecule has 0 atom stereocenters. The molecule has 0 unspecified atom stereocenters. The van der Waals surface area contributed by atoms with Crippen molar-refractivity contribution in [2.75, 3.05) is 6.54 Å². The highest BCUT2D eigenvalue weighted by molar-refractivity contribution is 6.43. The lowest BCUT2D eigenvalue weighted by molar-refractivity contribution is -0.126. The summed E-state index contributed by atoms with van der Waals surface area (Å²) in [7, 11) is 0. The van der Waals surface area contributed by atoms with Crippen LogP contribution < -0.4 is 10.7 Å². The molecule has 0 aliphatic heterocycles. The standard InChI is InChI=1S/C21H31Cl2N3O2/c1-2-3-4-5-6-7-8-9-10-14-19(27)24-16-20(28)26-25-15-17-12-11-13-18(22)21(17)23/h11-13,15H,2-10,14,16H2,1H3,(H,24,27)(H,26,28). The third-order valence-electron chi connectivity index (χ3n) is 4.33. The maximum absolute atomic E-state index is 11.8. The lowest BCUT2D eigenvalue weighted by Crippen LogP contribution is -2.34. The predicted octanol–water partition coefficient (Wildman–Crippen LogP) is 5.48. The van der Waals surface area contributed by atoms with Gasteiger partial charge >= 0.3 is 0 Å². The van der Waals surface area contributed by atoms with E-state index < -0.39 is 5.91 Å². The zero-order valence-corrected chi connectivity index (χ0v) is 18.1. The van der Waals surface area contributed by atoms with Crippen molar-refractivity contribution in [3.63, 3.8) is 0 Å². The summed E-state index contributed by atoms with van der Waals surface area (Å²) in [5.41, 5.74) is 2.95. The van der Waals surface area contributed by atoms with Crippen LogP contribution >= 0.6 is 23.2 Å². The van der Waals surface area contributed by atoms with Crippen LogP contribution in [0.4, 0.5) is 0 Å². The Balaban J connectivity index is 2.07. The van der Waals surface area contributed by atoms with Crippen LogP contribution in [0.5, 0.6) is 0 Å². The summed E-state index contributed by atoms with van der Waals surface area (Å²) in [5.74, 6) is -0.505. The lowest BCUT2D eigenvalue weighted by Gasteiger charge is -2.05. The first kappa shape index (κ1) is 24.4. The number of rotatable bonds is 14. The van der Waals surface area contributed by atoms with Crippen molar-refractivity contribution in [2.45, 2.75) is 71.1 Å². The average molecular weight is 428 g/mol. The highest BCUT2D eigenvalue weighted by Gasteiger charge is 2.05. The van der Waals surface area contributed by atoms with E-state index in [-0.39, 0.29) is 12.5 Å². The number of nitrogens with zero attached hydrogens (tertiary/aromatic N) is 1. The number of carbonyl (C=O) groups excluding carboxylic acids is 2. The Kier molecular flexibility index (Phi) is 13.4. The number of unbranched alkanes of at least 4 members (excludes halogenated alkanes) is 8. The Morgan fingerprint density at radius 2 is 1.61 bits per heavy atom. The van der Waals surface area contributed by atoms with Crippen molar-refractivity contribution in [3.05, 3.63) is 33.8 Å². The Morgan fingerprint density at radius 1 is 0.964 bits per heavy atom. The number of hydrogen-bond donors (Lipinski definition) is 2. The van der Waals surface area contributed by atoms with Gasteiger partial charge in [0.1, 0.15) is 0 Å². The summed E-state index contributed by atoms with van der Waals surface area (Å²) in [6, 6.07) is 5.14. The van der Waals surface area contributed by atoms with Gasteiger partial charge in [-0.3, -0.25) is 9.59 Å². The molecule has 0 radical (unpaired) electrons. The van der Waals surface area contributed by atoms with Crippen molar-refractivity contribution >= 4 is 41.2 Å². The van der Waals surface area contributed by atoms with Crippen molar-refractivity contribution in [1.82, 2.24) is 10.7 Å². The van der Waals surface area contributed by atoms with E-state index in [4.69, 9.17) is 23.2 Å². The zero-order chi connectivity index (χ0) is 20.6. The summed E-state index contributed by atoms with van der Waals surface area (Å²) in [6.07, 6.45) is 12.7. The fourth-order valence-corrected chi connectivity index (χ4v) is 3.05. The summed E-state index contributed by atoms with van der Waals surface area (Å²) >= 11 is 11.9. The van der Waals surface area contributed by atoms with E-state index in [1.807, 2.05) is 0 Å². The first-order valence-corrected chi connectivity index (χ1v) is 10.8. The second-order valence-corrected chi connectivity index (χ2v) is 7.58. The van der Waals surface area contributed by atoms with Crippen molar-refractivity contribution in [3.8, 4) is 0 Å².